The summed E-state index contributed by atoms with van der Waals surface area (Å²) in [4.78, 5) is 11.7. The molecule has 2 aliphatic rings. The van der Waals surface area contributed by atoms with Gasteiger partial charge >= 0.3 is 0 Å². The van der Waals surface area contributed by atoms with Crippen LogP contribution in [0.25, 0.3) is 0 Å². The van der Waals surface area contributed by atoms with Crippen molar-refractivity contribution in [3.63, 3.8) is 0 Å². The van der Waals surface area contributed by atoms with Crippen molar-refractivity contribution in [2.45, 2.75) is 43.5 Å². The molecule has 1 N–H and O–H groups in total. The van der Waals surface area contributed by atoms with Crippen LogP contribution in [0.15, 0.2) is 18.2 Å². The van der Waals surface area contributed by atoms with Crippen molar-refractivity contribution in [3.8, 4) is 0 Å². The van der Waals surface area contributed by atoms with Gasteiger partial charge in [-0.1, -0.05) is 28.1 Å². The van der Waals surface area contributed by atoms with Crippen molar-refractivity contribution in [2.75, 3.05) is 11.9 Å². The van der Waals surface area contributed by atoms with Gasteiger partial charge in [-0.3, -0.25) is 4.79 Å². The first-order valence-electron chi connectivity index (χ1n) is 7.34. The van der Waals surface area contributed by atoms with Crippen LogP contribution in [0.4, 0.5) is 5.69 Å². The van der Waals surface area contributed by atoms with Crippen molar-refractivity contribution < 1.29 is 9.53 Å². The summed E-state index contributed by atoms with van der Waals surface area (Å²) in [6.45, 7) is 2.88. The molecular formula is C16H20BrNO2. The second-order valence-corrected chi connectivity index (χ2v) is 6.86. The van der Waals surface area contributed by atoms with Crippen LogP contribution in [0.5, 0.6) is 0 Å². The van der Waals surface area contributed by atoms with Crippen molar-refractivity contribution >= 4 is 27.5 Å². The minimum Gasteiger partial charge on any atom is -0.378 e. The molecule has 0 bridgehead atoms. The zero-order valence-electron chi connectivity index (χ0n) is 11.7. The van der Waals surface area contributed by atoms with E-state index in [1.807, 2.05) is 6.07 Å². The number of benzene rings is 1. The molecule has 20 heavy (non-hydrogen) atoms. The number of alkyl halides is 1. The summed E-state index contributed by atoms with van der Waals surface area (Å²) >= 11 is 3.80. The van der Waals surface area contributed by atoms with Crippen LogP contribution in [0.2, 0.25) is 0 Å². The summed E-state index contributed by atoms with van der Waals surface area (Å²) in [5.74, 6) is 0.853. The van der Waals surface area contributed by atoms with E-state index in [2.05, 4.69) is 40.3 Å². The third-order valence-corrected chi connectivity index (χ3v) is 5.15. The summed E-state index contributed by atoms with van der Waals surface area (Å²) in [6, 6.07) is 6.29. The second-order valence-electron chi connectivity index (χ2n) is 5.76. The molecule has 108 valence electrons. The maximum Gasteiger partial charge on any atom is 0.228 e. The molecule has 1 unspecified atom stereocenters. The average Bonchev–Trinajstić information content (AvgIpc) is 2.75. The summed E-state index contributed by atoms with van der Waals surface area (Å²) < 4.78 is 5.61. The molecule has 1 aromatic rings. The van der Waals surface area contributed by atoms with Gasteiger partial charge in [-0.05, 0) is 49.3 Å². The molecule has 0 aromatic heterocycles. The van der Waals surface area contributed by atoms with Crippen molar-refractivity contribution in [1.82, 2.24) is 0 Å². The first-order chi connectivity index (χ1) is 9.65. The molecular weight excluding hydrogens is 318 g/mol. The molecule has 0 radical (unpaired) electrons. The van der Waals surface area contributed by atoms with Gasteiger partial charge < -0.3 is 10.1 Å². The van der Waals surface area contributed by atoms with Gasteiger partial charge in [0.2, 0.25) is 5.91 Å². The van der Waals surface area contributed by atoms with Crippen LogP contribution in [0.3, 0.4) is 0 Å². The highest BCUT2D eigenvalue weighted by molar-refractivity contribution is 9.09. The number of anilines is 1. The number of halogens is 1. The van der Waals surface area contributed by atoms with Gasteiger partial charge in [0.1, 0.15) is 0 Å². The van der Waals surface area contributed by atoms with Crippen LogP contribution in [-0.4, -0.2) is 18.6 Å². The zero-order valence-corrected chi connectivity index (χ0v) is 13.3. The van der Waals surface area contributed by atoms with E-state index in [-0.39, 0.29) is 5.91 Å². The van der Waals surface area contributed by atoms with E-state index in [1.165, 1.54) is 18.4 Å². The predicted molar refractivity (Wildman–Crippen MR) is 83.2 cm³/mol. The van der Waals surface area contributed by atoms with Gasteiger partial charge in [-0.25, -0.2) is 0 Å². The fourth-order valence-electron chi connectivity index (χ4n) is 3.11. The molecule has 4 heteroatoms. The maximum atomic E-state index is 11.4. The number of amides is 1. The Morgan fingerprint density at radius 1 is 1.45 bits per heavy atom. The Morgan fingerprint density at radius 2 is 2.25 bits per heavy atom. The standard InChI is InChI=1S/C16H20BrNO2/c1-2-20-13-5-10(6-13)7-14(17)11-3-4-15-12(8-11)9-16(19)18-15/h3-4,8,10,13-14H,2,5-7,9H2,1H3,(H,18,19). The molecule has 1 atom stereocenters. The minimum absolute atomic E-state index is 0.0989. The number of rotatable bonds is 5. The summed E-state index contributed by atoms with van der Waals surface area (Å²) in [5, 5.41) is 2.88. The average molecular weight is 338 g/mol. The van der Waals surface area contributed by atoms with E-state index < -0.39 is 0 Å². The predicted octanol–water partition coefficient (Wildman–Crippen LogP) is 3.82. The smallest absolute Gasteiger partial charge is 0.228 e. The van der Waals surface area contributed by atoms with E-state index in [9.17, 15) is 4.79 Å². The normalized spacial score (nSPS) is 25.8. The fourth-order valence-corrected chi connectivity index (χ4v) is 3.93. The molecule has 1 aliphatic heterocycles. The Balaban J connectivity index is 1.57. The first kappa shape index (κ1) is 14.1. The third-order valence-electron chi connectivity index (χ3n) is 4.25. The molecule has 1 amide bonds. The molecule has 1 saturated carbocycles. The van der Waals surface area contributed by atoms with E-state index in [4.69, 9.17) is 4.74 Å². The fraction of sp³-hybridized carbons (Fsp3) is 0.562. The topological polar surface area (TPSA) is 38.3 Å². The molecule has 0 saturated heterocycles. The highest BCUT2D eigenvalue weighted by Gasteiger charge is 2.31. The molecule has 1 aromatic carbocycles. The number of hydrogen-bond acceptors (Lipinski definition) is 2. The number of ether oxygens (including phenoxy) is 1. The lowest BCUT2D eigenvalue weighted by Gasteiger charge is -2.36. The van der Waals surface area contributed by atoms with Crippen LogP contribution >= 0.6 is 15.9 Å². The lowest BCUT2D eigenvalue weighted by atomic mass is 9.78. The second kappa shape index (κ2) is 5.86. The van der Waals surface area contributed by atoms with Crippen LogP contribution in [-0.2, 0) is 16.0 Å². The minimum atomic E-state index is 0.0989. The Morgan fingerprint density at radius 3 is 3.00 bits per heavy atom. The highest BCUT2D eigenvalue weighted by Crippen LogP contribution is 2.41. The van der Waals surface area contributed by atoms with E-state index in [1.54, 1.807) is 0 Å². The lowest BCUT2D eigenvalue weighted by molar-refractivity contribution is -0.115. The monoisotopic (exact) mass is 337 g/mol. The summed E-state index contributed by atoms with van der Waals surface area (Å²) in [5.41, 5.74) is 3.37. The van der Waals surface area contributed by atoms with Crippen LogP contribution in [0.1, 0.15) is 42.1 Å². The van der Waals surface area contributed by atoms with Gasteiger partial charge in [0, 0.05) is 17.1 Å². The Bertz CT molecular complexity index is 511. The van der Waals surface area contributed by atoms with E-state index in [0.717, 1.165) is 30.2 Å². The third kappa shape index (κ3) is 2.91. The summed E-state index contributed by atoms with van der Waals surface area (Å²) in [7, 11) is 0. The van der Waals surface area contributed by atoms with E-state index in [0.29, 0.717) is 17.4 Å². The maximum absolute atomic E-state index is 11.4. The molecule has 3 rings (SSSR count). The van der Waals surface area contributed by atoms with Crippen molar-refractivity contribution in [3.05, 3.63) is 29.3 Å². The number of carbonyl (C=O) groups is 1. The number of nitrogens with one attached hydrogen (secondary N) is 1. The van der Waals surface area contributed by atoms with Crippen LogP contribution in [0, 0.1) is 5.92 Å². The molecule has 3 nitrogen and oxygen atoms in total. The number of fused-ring (bicyclic) bond motifs is 1. The highest BCUT2D eigenvalue weighted by atomic mass is 79.9. The van der Waals surface area contributed by atoms with Crippen molar-refractivity contribution in [1.29, 1.82) is 0 Å². The Hall–Kier alpha value is -0.870. The van der Waals surface area contributed by atoms with Gasteiger partial charge in [-0.15, -0.1) is 0 Å². The molecule has 1 aliphatic carbocycles. The first-order valence-corrected chi connectivity index (χ1v) is 8.25. The molecule has 1 heterocycles. The zero-order chi connectivity index (χ0) is 14.1. The molecule has 0 spiro atoms. The largest absolute Gasteiger partial charge is 0.378 e. The summed E-state index contributed by atoms with van der Waals surface area (Å²) in [6.07, 6.45) is 4.50. The quantitative estimate of drug-likeness (QED) is 0.829. The van der Waals surface area contributed by atoms with Gasteiger partial charge in [-0.2, -0.15) is 0 Å². The van der Waals surface area contributed by atoms with Gasteiger partial charge in [0.05, 0.1) is 12.5 Å². The lowest BCUT2D eigenvalue weighted by Crippen LogP contribution is -2.31. The molecule has 1 fully saturated rings. The number of carbonyl (C=O) groups excluding carboxylic acids is 1. The Kier molecular flexibility index (Phi) is 4.13. The van der Waals surface area contributed by atoms with E-state index >= 15 is 0 Å². The van der Waals surface area contributed by atoms with Crippen LogP contribution < -0.4 is 5.32 Å². The SMILES string of the molecule is CCOC1CC(CC(Br)c2ccc3c(c2)CC(=O)N3)C1. The van der Waals surface area contributed by atoms with Gasteiger partial charge in [0.25, 0.3) is 0 Å². The van der Waals surface area contributed by atoms with Crippen molar-refractivity contribution in [2.24, 2.45) is 5.92 Å². The number of hydrogen-bond donors (Lipinski definition) is 1. The Labute approximate surface area is 128 Å². The van der Waals surface area contributed by atoms with Gasteiger partial charge in [0.15, 0.2) is 0 Å².